The van der Waals surface area contributed by atoms with Gasteiger partial charge in [-0.05, 0) is 25.0 Å². The molecule has 0 aliphatic carbocycles. The van der Waals surface area contributed by atoms with Crippen LogP contribution in [0.25, 0.3) is 0 Å². The normalized spacial score (nSPS) is 12.6. The first-order chi connectivity index (χ1) is 12.7. The number of hydrogen-bond acceptors (Lipinski definition) is 6. The molecule has 0 aromatic rings. The molecule has 158 valence electrons. The van der Waals surface area contributed by atoms with Gasteiger partial charge in [0, 0.05) is 38.2 Å². The van der Waals surface area contributed by atoms with Crippen LogP contribution in [0.3, 0.4) is 0 Å². The second-order valence-corrected chi connectivity index (χ2v) is 9.31. The van der Waals surface area contributed by atoms with Crippen molar-refractivity contribution in [3.05, 3.63) is 0 Å². The maximum Gasteiger partial charge on any atom is 0.145 e. The van der Waals surface area contributed by atoms with E-state index in [-0.39, 0.29) is 28.5 Å². The van der Waals surface area contributed by atoms with Crippen LogP contribution in [0.2, 0.25) is 0 Å². The van der Waals surface area contributed by atoms with Crippen LogP contribution in [0.4, 0.5) is 0 Å². The number of thioether (sulfide) groups is 1. The van der Waals surface area contributed by atoms with E-state index in [4.69, 9.17) is 9.47 Å². The van der Waals surface area contributed by atoms with Gasteiger partial charge in [-0.3, -0.25) is 14.4 Å². The largest absolute Gasteiger partial charge is 0.379 e. The molecule has 0 fully saturated rings. The first kappa shape index (κ1) is 26.3. The van der Waals surface area contributed by atoms with Crippen LogP contribution < -0.4 is 0 Å². The molecule has 0 rings (SSSR count). The molecule has 5 nitrogen and oxygen atoms in total. The SMILES string of the molecule is CC(C)SC(C)C(=O)CCCC(=O)CCCOCCOCCC(=O)C(C)C. The Morgan fingerprint density at radius 2 is 1.30 bits per heavy atom. The second kappa shape index (κ2) is 16.3. The molecule has 0 radical (unpaired) electrons. The predicted octanol–water partition coefficient (Wildman–Crippen LogP) is 4.25. The molecule has 27 heavy (non-hydrogen) atoms. The highest BCUT2D eigenvalue weighted by molar-refractivity contribution is 8.01. The Bertz CT molecular complexity index is 434. The third kappa shape index (κ3) is 16.0. The Labute approximate surface area is 169 Å². The zero-order valence-electron chi connectivity index (χ0n) is 17.8. The van der Waals surface area contributed by atoms with E-state index in [9.17, 15) is 14.4 Å². The number of ketones is 3. The van der Waals surface area contributed by atoms with Crippen molar-refractivity contribution < 1.29 is 23.9 Å². The van der Waals surface area contributed by atoms with Crippen LogP contribution >= 0.6 is 11.8 Å². The Morgan fingerprint density at radius 1 is 0.704 bits per heavy atom. The van der Waals surface area contributed by atoms with E-state index in [1.807, 2.05) is 20.8 Å². The molecule has 0 saturated heterocycles. The van der Waals surface area contributed by atoms with Crippen molar-refractivity contribution in [3.8, 4) is 0 Å². The number of carbonyl (C=O) groups excluding carboxylic acids is 3. The Kier molecular flexibility index (Phi) is 15.8. The van der Waals surface area contributed by atoms with Crippen molar-refractivity contribution >= 4 is 29.1 Å². The quantitative estimate of drug-likeness (QED) is 0.319. The summed E-state index contributed by atoms with van der Waals surface area (Å²) in [6.45, 7) is 11.8. The molecule has 0 heterocycles. The molecule has 0 aliphatic heterocycles. The summed E-state index contributed by atoms with van der Waals surface area (Å²) >= 11 is 1.67. The molecule has 0 bridgehead atoms. The molecule has 0 amide bonds. The Morgan fingerprint density at radius 3 is 1.89 bits per heavy atom. The zero-order valence-corrected chi connectivity index (χ0v) is 18.6. The highest BCUT2D eigenvalue weighted by atomic mass is 32.2. The van der Waals surface area contributed by atoms with Crippen molar-refractivity contribution in [3.63, 3.8) is 0 Å². The van der Waals surface area contributed by atoms with Crippen molar-refractivity contribution in [2.75, 3.05) is 26.4 Å². The molecule has 0 saturated carbocycles. The van der Waals surface area contributed by atoms with Gasteiger partial charge >= 0.3 is 0 Å². The summed E-state index contributed by atoms with van der Waals surface area (Å²) in [5.41, 5.74) is 0. The van der Waals surface area contributed by atoms with Crippen LogP contribution in [0.1, 0.15) is 73.1 Å². The molecule has 1 atom stereocenters. The molecule has 0 aromatic carbocycles. The van der Waals surface area contributed by atoms with Crippen molar-refractivity contribution in [2.45, 2.75) is 83.6 Å². The summed E-state index contributed by atoms with van der Waals surface area (Å²) in [5, 5.41) is 0.456. The summed E-state index contributed by atoms with van der Waals surface area (Å²) in [7, 11) is 0. The number of Topliss-reactive ketones (excluding diaryl/α,β-unsaturated/α-hetero) is 3. The highest BCUT2D eigenvalue weighted by Gasteiger charge is 2.15. The Hall–Kier alpha value is -0.720. The van der Waals surface area contributed by atoms with Gasteiger partial charge in [0.15, 0.2) is 0 Å². The van der Waals surface area contributed by atoms with Gasteiger partial charge in [-0.1, -0.05) is 27.7 Å². The standard InChI is InChI=1S/C21H38O5S/c1-16(2)20(23)11-13-26-15-14-25-12-7-9-19(22)8-6-10-21(24)18(5)27-17(3)4/h16-18H,6-15H2,1-5H3. The van der Waals surface area contributed by atoms with E-state index >= 15 is 0 Å². The summed E-state index contributed by atoms with van der Waals surface area (Å²) in [6.07, 6.45) is 3.23. The lowest BCUT2D eigenvalue weighted by Gasteiger charge is -2.12. The van der Waals surface area contributed by atoms with Gasteiger partial charge in [0.05, 0.1) is 25.1 Å². The lowest BCUT2D eigenvalue weighted by molar-refractivity contribution is -0.123. The van der Waals surface area contributed by atoms with Gasteiger partial charge in [-0.15, -0.1) is 11.8 Å². The van der Waals surface area contributed by atoms with Crippen LogP contribution in [0, 0.1) is 5.92 Å². The van der Waals surface area contributed by atoms with Gasteiger partial charge in [-0.2, -0.15) is 0 Å². The number of rotatable bonds is 18. The van der Waals surface area contributed by atoms with Crippen molar-refractivity contribution in [1.82, 2.24) is 0 Å². The van der Waals surface area contributed by atoms with E-state index in [2.05, 4.69) is 13.8 Å². The van der Waals surface area contributed by atoms with Gasteiger partial charge in [0.25, 0.3) is 0 Å². The third-order valence-electron chi connectivity index (χ3n) is 4.06. The fourth-order valence-electron chi connectivity index (χ4n) is 2.43. The average Bonchev–Trinajstić information content (AvgIpc) is 2.59. The van der Waals surface area contributed by atoms with Gasteiger partial charge in [0.1, 0.15) is 17.3 Å². The number of hydrogen-bond donors (Lipinski definition) is 0. The first-order valence-corrected chi connectivity index (χ1v) is 11.1. The minimum absolute atomic E-state index is 0.0132. The summed E-state index contributed by atoms with van der Waals surface area (Å²) in [5.74, 6) is 0.700. The van der Waals surface area contributed by atoms with E-state index in [0.29, 0.717) is 70.2 Å². The first-order valence-electron chi connectivity index (χ1n) is 10.1. The maximum absolute atomic E-state index is 12.0. The average molecular weight is 403 g/mol. The van der Waals surface area contributed by atoms with E-state index in [1.54, 1.807) is 11.8 Å². The Balaban J connectivity index is 3.49. The minimum Gasteiger partial charge on any atom is -0.379 e. The molecule has 0 aromatic heterocycles. The van der Waals surface area contributed by atoms with Crippen molar-refractivity contribution in [1.29, 1.82) is 0 Å². The fraction of sp³-hybridized carbons (Fsp3) is 0.857. The third-order valence-corrected chi connectivity index (χ3v) is 5.28. The highest BCUT2D eigenvalue weighted by Crippen LogP contribution is 2.19. The maximum atomic E-state index is 12.0. The minimum atomic E-state index is 0.0132. The topological polar surface area (TPSA) is 69.7 Å². The smallest absolute Gasteiger partial charge is 0.145 e. The van der Waals surface area contributed by atoms with E-state index < -0.39 is 0 Å². The van der Waals surface area contributed by atoms with Gasteiger partial charge in [-0.25, -0.2) is 0 Å². The monoisotopic (exact) mass is 402 g/mol. The molecule has 6 heteroatoms. The van der Waals surface area contributed by atoms with Gasteiger partial charge < -0.3 is 9.47 Å². The number of ether oxygens (including phenoxy) is 2. The van der Waals surface area contributed by atoms with Gasteiger partial charge in [0.2, 0.25) is 0 Å². The van der Waals surface area contributed by atoms with E-state index in [1.165, 1.54) is 0 Å². The predicted molar refractivity (Wildman–Crippen MR) is 111 cm³/mol. The van der Waals surface area contributed by atoms with Crippen LogP contribution in [-0.2, 0) is 23.9 Å². The fourth-order valence-corrected chi connectivity index (χ4v) is 3.51. The summed E-state index contributed by atoms with van der Waals surface area (Å²) < 4.78 is 10.8. The van der Waals surface area contributed by atoms with Crippen LogP contribution in [0.15, 0.2) is 0 Å². The summed E-state index contributed by atoms with van der Waals surface area (Å²) in [6, 6.07) is 0. The van der Waals surface area contributed by atoms with E-state index in [0.717, 1.165) is 0 Å². The molecule has 1 unspecified atom stereocenters. The molecule has 0 spiro atoms. The second-order valence-electron chi connectivity index (χ2n) is 7.38. The molecular formula is C21H38O5S. The molecular weight excluding hydrogens is 364 g/mol. The van der Waals surface area contributed by atoms with Crippen molar-refractivity contribution in [2.24, 2.45) is 5.92 Å². The number of carbonyl (C=O) groups is 3. The summed E-state index contributed by atoms with van der Waals surface area (Å²) in [4.78, 5) is 35.2. The lowest BCUT2D eigenvalue weighted by atomic mass is 10.1. The lowest BCUT2D eigenvalue weighted by Crippen LogP contribution is -2.15. The molecule has 0 N–H and O–H groups in total. The zero-order chi connectivity index (χ0) is 20.7. The van der Waals surface area contributed by atoms with Crippen LogP contribution in [0.5, 0.6) is 0 Å². The molecule has 0 aliphatic rings. The van der Waals surface area contributed by atoms with Crippen LogP contribution in [-0.4, -0.2) is 54.3 Å².